The van der Waals surface area contributed by atoms with Crippen LogP contribution in [-0.4, -0.2) is 16.7 Å². The highest BCUT2D eigenvalue weighted by Crippen LogP contribution is 2.50. The summed E-state index contributed by atoms with van der Waals surface area (Å²) in [5.41, 5.74) is 0.567. The van der Waals surface area contributed by atoms with Gasteiger partial charge in [0.2, 0.25) is 0 Å². The molecule has 1 saturated carbocycles. The summed E-state index contributed by atoms with van der Waals surface area (Å²) in [5.74, 6) is 1.35. The second-order valence-electron chi connectivity index (χ2n) is 5.52. The summed E-state index contributed by atoms with van der Waals surface area (Å²) >= 11 is 2.17. The summed E-state index contributed by atoms with van der Waals surface area (Å²) in [7, 11) is 0. The van der Waals surface area contributed by atoms with Crippen LogP contribution in [0.4, 0.5) is 0 Å². The van der Waals surface area contributed by atoms with Crippen LogP contribution in [0.15, 0.2) is 0 Å². The third-order valence-electron chi connectivity index (χ3n) is 3.41. The van der Waals surface area contributed by atoms with E-state index in [1.165, 1.54) is 31.4 Å². The molecule has 1 aliphatic carbocycles. The molecule has 2 atom stereocenters. The van der Waals surface area contributed by atoms with Gasteiger partial charge in [-0.3, -0.25) is 0 Å². The minimum absolute atomic E-state index is 0.446. The van der Waals surface area contributed by atoms with Crippen LogP contribution in [0.3, 0.4) is 0 Å². The van der Waals surface area contributed by atoms with Crippen LogP contribution >= 0.6 is 11.8 Å². The van der Waals surface area contributed by atoms with Gasteiger partial charge < -0.3 is 5.32 Å². The number of thioether (sulfide) groups is 1. The van der Waals surface area contributed by atoms with Gasteiger partial charge in [-0.15, -0.1) is 11.8 Å². The van der Waals surface area contributed by atoms with Gasteiger partial charge in [0, 0.05) is 6.04 Å². The maximum Gasteiger partial charge on any atom is 0.0652 e. The lowest BCUT2D eigenvalue weighted by atomic mass is 9.91. The average molecular weight is 199 g/mol. The molecule has 2 fully saturated rings. The van der Waals surface area contributed by atoms with E-state index in [0.29, 0.717) is 10.3 Å². The smallest absolute Gasteiger partial charge is 0.0652 e. The minimum Gasteiger partial charge on any atom is -0.300 e. The predicted octanol–water partition coefficient (Wildman–Crippen LogP) is 3.01. The summed E-state index contributed by atoms with van der Waals surface area (Å²) in [6, 6.07) is 0.732. The lowest BCUT2D eigenvalue weighted by Crippen LogP contribution is -2.49. The molecular formula is C11H21NS. The van der Waals surface area contributed by atoms with Crippen LogP contribution in [0, 0.1) is 5.41 Å². The maximum absolute atomic E-state index is 3.81. The molecule has 13 heavy (non-hydrogen) atoms. The standard InChI is InChI=1S/C11H21NS/c1-9-4-7-13-11(12-9)6-5-10(2,3)8-11/h9,12H,4-8H2,1-3H3. The molecule has 0 bridgehead atoms. The molecule has 0 aromatic rings. The molecule has 1 nitrogen and oxygen atoms in total. The van der Waals surface area contributed by atoms with Crippen LogP contribution < -0.4 is 5.32 Å². The molecule has 0 aromatic carbocycles. The fourth-order valence-electron chi connectivity index (χ4n) is 2.73. The monoisotopic (exact) mass is 199 g/mol. The van der Waals surface area contributed by atoms with Crippen molar-refractivity contribution in [2.24, 2.45) is 5.41 Å². The first-order chi connectivity index (χ1) is 6.02. The first-order valence-corrected chi connectivity index (χ1v) is 6.42. The molecule has 0 radical (unpaired) electrons. The second kappa shape index (κ2) is 3.16. The Morgan fingerprint density at radius 1 is 1.31 bits per heavy atom. The van der Waals surface area contributed by atoms with Gasteiger partial charge in [0.1, 0.15) is 0 Å². The highest BCUT2D eigenvalue weighted by Gasteiger charge is 2.45. The third-order valence-corrected chi connectivity index (χ3v) is 4.87. The molecule has 2 unspecified atom stereocenters. The Balaban J connectivity index is 2.05. The molecule has 1 spiro atoms. The molecular weight excluding hydrogens is 178 g/mol. The quantitative estimate of drug-likeness (QED) is 0.643. The van der Waals surface area contributed by atoms with E-state index >= 15 is 0 Å². The van der Waals surface area contributed by atoms with Crippen LogP contribution in [0.5, 0.6) is 0 Å². The SMILES string of the molecule is CC1CCSC2(CCC(C)(C)C2)N1. The van der Waals surface area contributed by atoms with Gasteiger partial charge in [0.15, 0.2) is 0 Å². The van der Waals surface area contributed by atoms with Crippen LogP contribution in [0.25, 0.3) is 0 Å². The second-order valence-corrected chi connectivity index (χ2v) is 7.00. The Hall–Kier alpha value is 0.310. The normalized spacial score (nSPS) is 44.1. The minimum atomic E-state index is 0.446. The average Bonchev–Trinajstić information content (AvgIpc) is 2.26. The van der Waals surface area contributed by atoms with Crippen molar-refractivity contribution in [1.82, 2.24) is 5.32 Å². The Kier molecular flexibility index (Phi) is 2.40. The zero-order valence-corrected chi connectivity index (χ0v) is 9.84. The molecule has 0 amide bonds. The third kappa shape index (κ3) is 2.04. The fraction of sp³-hybridized carbons (Fsp3) is 1.00. The Morgan fingerprint density at radius 3 is 2.62 bits per heavy atom. The zero-order valence-electron chi connectivity index (χ0n) is 9.02. The van der Waals surface area contributed by atoms with Gasteiger partial charge in [-0.25, -0.2) is 0 Å². The molecule has 1 heterocycles. The number of hydrogen-bond acceptors (Lipinski definition) is 2. The van der Waals surface area contributed by atoms with E-state index in [9.17, 15) is 0 Å². The summed E-state index contributed by atoms with van der Waals surface area (Å²) in [6.07, 6.45) is 5.45. The van der Waals surface area contributed by atoms with E-state index in [0.717, 1.165) is 6.04 Å². The van der Waals surface area contributed by atoms with Crippen LogP contribution in [-0.2, 0) is 0 Å². The molecule has 2 aliphatic rings. The highest BCUT2D eigenvalue weighted by atomic mass is 32.2. The number of hydrogen-bond donors (Lipinski definition) is 1. The van der Waals surface area contributed by atoms with Crippen LogP contribution in [0.2, 0.25) is 0 Å². The van der Waals surface area contributed by atoms with Gasteiger partial charge >= 0.3 is 0 Å². The van der Waals surface area contributed by atoms with Crippen molar-refractivity contribution in [2.45, 2.75) is 57.4 Å². The van der Waals surface area contributed by atoms with Gasteiger partial charge in [0.05, 0.1) is 4.87 Å². The number of rotatable bonds is 0. The van der Waals surface area contributed by atoms with Gasteiger partial charge in [-0.05, 0) is 43.8 Å². The van der Waals surface area contributed by atoms with Gasteiger partial charge in [0.25, 0.3) is 0 Å². The van der Waals surface area contributed by atoms with E-state index in [1.54, 1.807) is 0 Å². The molecule has 2 heteroatoms. The lowest BCUT2D eigenvalue weighted by molar-refractivity contribution is 0.331. The molecule has 1 saturated heterocycles. The largest absolute Gasteiger partial charge is 0.300 e. The van der Waals surface area contributed by atoms with E-state index in [1.807, 2.05) is 0 Å². The first-order valence-electron chi connectivity index (χ1n) is 5.43. The first kappa shape index (κ1) is 9.85. The van der Waals surface area contributed by atoms with E-state index in [4.69, 9.17) is 0 Å². The fourth-order valence-corrected chi connectivity index (χ4v) is 4.62. The summed E-state index contributed by atoms with van der Waals surface area (Å²) < 4.78 is 0. The van der Waals surface area contributed by atoms with Crippen molar-refractivity contribution in [3.8, 4) is 0 Å². The summed E-state index contributed by atoms with van der Waals surface area (Å²) in [6.45, 7) is 7.14. The van der Waals surface area contributed by atoms with Crippen molar-refractivity contribution in [3.63, 3.8) is 0 Å². The Morgan fingerprint density at radius 2 is 2.08 bits per heavy atom. The predicted molar refractivity (Wildman–Crippen MR) is 60.0 cm³/mol. The Labute approximate surface area is 86.0 Å². The van der Waals surface area contributed by atoms with E-state index < -0.39 is 0 Å². The van der Waals surface area contributed by atoms with Crippen molar-refractivity contribution in [2.75, 3.05) is 5.75 Å². The lowest BCUT2D eigenvalue weighted by Gasteiger charge is -2.39. The van der Waals surface area contributed by atoms with Crippen molar-refractivity contribution in [3.05, 3.63) is 0 Å². The molecule has 1 aliphatic heterocycles. The zero-order chi connectivity index (χ0) is 9.53. The van der Waals surface area contributed by atoms with E-state index in [2.05, 4.69) is 37.8 Å². The molecule has 2 rings (SSSR count). The van der Waals surface area contributed by atoms with Gasteiger partial charge in [-0.1, -0.05) is 13.8 Å². The molecule has 76 valence electrons. The molecule has 1 N–H and O–H groups in total. The summed E-state index contributed by atoms with van der Waals surface area (Å²) in [4.78, 5) is 0.446. The van der Waals surface area contributed by atoms with Crippen molar-refractivity contribution < 1.29 is 0 Å². The van der Waals surface area contributed by atoms with Gasteiger partial charge in [-0.2, -0.15) is 0 Å². The maximum atomic E-state index is 3.81. The van der Waals surface area contributed by atoms with E-state index in [-0.39, 0.29) is 0 Å². The molecule has 0 aromatic heterocycles. The Bertz CT molecular complexity index is 202. The van der Waals surface area contributed by atoms with Crippen molar-refractivity contribution in [1.29, 1.82) is 0 Å². The van der Waals surface area contributed by atoms with Crippen molar-refractivity contribution >= 4 is 11.8 Å². The highest BCUT2D eigenvalue weighted by molar-refractivity contribution is 8.00. The topological polar surface area (TPSA) is 12.0 Å². The van der Waals surface area contributed by atoms with Crippen LogP contribution in [0.1, 0.15) is 46.5 Å². The number of nitrogens with one attached hydrogen (secondary N) is 1. The summed E-state index contributed by atoms with van der Waals surface area (Å²) in [5, 5.41) is 3.81.